The Labute approximate surface area is 152 Å². The van der Waals surface area contributed by atoms with E-state index < -0.39 is 0 Å². The number of rotatable bonds is 8. The fraction of sp³-hybridized carbons (Fsp3) is 0.350. The van der Waals surface area contributed by atoms with E-state index in [-0.39, 0.29) is 5.82 Å². The van der Waals surface area contributed by atoms with Crippen LogP contribution in [-0.2, 0) is 12.8 Å². The number of aromatic nitrogens is 1. The smallest absolute Gasteiger partial charge is 0.191 e. The Bertz CT molecular complexity index is 839. The van der Waals surface area contributed by atoms with Crippen LogP contribution in [0.2, 0.25) is 0 Å². The number of hydrogen-bond donors (Lipinski definition) is 3. The minimum absolute atomic E-state index is 0.212. The third-order valence-electron chi connectivity index (χ3n) is 4.15. The number of benzene rings is 1. The summed E-state index contributed by atoms with van der Waals surface area (Å²) in [6, 6.07) is 8.68. The van der Waals surface area contributed by atoms with Crippen LogP contribution in [0.25, 0.3) is 10.9 Å². The quantitative estimate of drug-likeness (QED) is 0.426. The highest BCUT2D eigenvalue weighted by Gasteiger charge is 2.06. The molecule has 3 aromatic rings. The molecule has 5 nitrogen and oxygen atoms in total. The number of nitrogens with one attached hydrogen (secondary N) is 3. The second-order valence-electron chi connectivity index (χ2n) is 6.17. The standard InChI is InChI=1S/C20H25FN4O/c1-2-9-22-20(24-11-8-17-4-3-12-26-17)23-10-7-15-14-25-19-6-5-16(21)13-18(15)19/h3-6,12-14,25H,2,7-11H2,1H3,(H2,22,23,24). The Morgan fingerprint density at radius 1 is 1.19 bits per heavy atom. The van der Waals surface area contributed by atoms with E-state index in [1.54, 1.807) is 18.4 Å². The molecule has 3 rings (SSSR count). The number of H-pyrrole nitrogens is 1. The fourth-order valence-electron chi connectivity index (χ4n) is 2.83. The van der Waals surface area contributed by atoms with Gasteiger partial charge in [0, 0.05) is 43.2 Å². The van der Waals surface area contributed by atoms with Gasteiger partial charge in [0.25, 0.3) is 0 Å². The molecule has 0 unspecified atom stereocenters. The Balaban J connectivity index is 1.52. The molecule has 3 N–H and O–H groups in total. The monoisotopic (exact) mass is 356 g/mol. The maximum Gasteiger partial charge on any atom is 0.191 e. The second kappa shape index (κ2) is 9.08. The number of nitrogens with zero attached hydrogens (tertiary/aromatic N) is 1. The van der Waals surface area contributed by atoms with Crippen molar-refractivity contribution in [2.75, 3.05) is 19.6 Å². The van der Waals surface area contributed by atoms with Crippen molar-refractivity contribution in [2.24, 2.45) is 4.99 Å². The van der Waals surface area contributed by atoms with Gasteiger partial charge in [-0.3, -0.25) is 4.99 Å². The highest BCUT2D eigenvalue weighted by molar-refractivity contribution is 5.83. The number of hydrogen-bond acceptors (Lipinski definition) is 2. The highest BCUT2D eigenvalue weighted by atomic mass is 19.1. The predicted octanol–water partition coefficient (Wildman–Crippen LogP) is 3.63. The lowest BCUT2D eigenvalue weighted by atomic mass is 10.1. The maximum atomic E-state index is 13.5. The Kier molecular flexibility index (Phi) is 6.30. The van der Waals surface area contributed by atoms with Crippen molar-refractivity contribution in [1.29, 1.82) is 0 Å². The normalized spacial score (nSPS) is 11.8. The van der Waals surface area contributed by atoms with Gasteiger partial charge in [-0.05, 0) is 48.7 Å². The van der Waals surface area contributed by atoms with E-state index in [1.807, 2.05) is 18.3 Å². The largest absolute Gasteiger partial charge is 0.469 e. The molecule has 0 fully saturated rings. The van der Waals surface area contributed by atoms with Gasteiger partial charge in [0.2, 0.25) is 0 Å². The van der Waals surface area contributed by atoms with Crippen molar-refractivity contribution in [2.45, 2.75) is 26.2 Å². The van der Waals surface area contributed by atoms with Crippen LogP contribution in [0, 0.1) is 5.82 Å². The molecular formula is C20H25FN4O. The Morgan fingerprint density at radius 2 is 2.04 bits per heavy atom. The summed E-state index contributed by atoms with van der Waals surface area (Å²) in [4.78, 5) is 7.74. The summed E-state index contributed by atoms with van der Waals surface area (Å²) < 4.78 is 18.8. The molecular weight excluding hydrogens is 331 g/mol. The second-order valence-corrected chi connectivity index (χ2v) is 6.17. The minimum Gasteiger partial charge on any atom is -0.469 e. The van der Waals surface area contributed by atoms with E-state index in [0.717, 1.165) is 67.1 Å². The molecule has 0 aliphatic carbocycles. The molecule has 1 aromatic carbocycles. The van der Waals surface area contributed by atoms with Crippen LogP contribution in [0.4, 0.5) is 4.39 Å². The van der Waals surface area contributed by atoms with Crippen LogP contribution in [0.15, 0.2) is 52.2 Å². The average molecular weight is 356 g/mol. The van der Waals surface area contributed by atoms with Gasteiger partial charge >= 0.3 is 0 Å². The van der Waals surface area contributed by atoms with Crippen LogP contribution in [0.5, 0.6) is 0 Å². The van der Waals surface area contributed by atoms with Crippen molar-refractivity contribution < 1.29 is 8.81 Å². The first-order valence-electron chi connectivity index (χ1n) is 9.06. The van der Waals surface area contributed by atoms with E-state index >= 15 is 0 Å². The molecule has 0 spiro atoms. The van der Waals surface area contributed by atoms with E-state index in [4.69, 9.17) is 4.42 Å². The van der Waals surface area contributed by atoms with Gasteiger partial charge in [-0.2, -0.15) is 0 Å². The van der Waals surface area contributed by atoms with Crippen molar-refractivity contribution in [3.05, 3.63) is 59.9 Å². The number of halogens is 1. The van der Waals surface area contributed by atoms with Crippen LogP contribution in [0.1, 0.15) is 24.7 Å². The number of aliphatic imine (C=N–C) groups is 1. The summed E-state index contributed by atoms with van der Waals surface area (Å²) >= 11 is 0. The molecule has 0 aliphatic rings. The summed E-state index contributed by atoms with van der Waals surface area (Å²) in [6.07, 6.45) is 6.21. The zero-order valence-corrected chi connectivity index (χ0v) is 15.0. The minimum atomic E-state index is -0.212. The molecule has 6 heteroatoms. The molecule has 138 valence electrons. The van der Waals surface area contributed by atoms with Gasteiger partial charge in [0.15, 0.2) is 5.96 Å². The molecule has 0 amide bonds. The first-order valence-corrected chi connectivity index (χ1v) is 9.06. The molecule has 2 heterocycles. The SMILES string of the molecule is CCCN=C(NCCc1ccco1)NCCc1c[nH]c2ccc(F)cc12. The number of aromatic amines is 1. The summed E-state index contributed by atoms with van der Waals surface area (Å²) in [5.74, 6) is 1.54. The zero-order valence-electron chi connectivity index (χ0n) is 15.0. The van der Waals surface area contributed by atoms with Gasteiger partial charge in [-0.25, -0.2) is 4.39 Å². The lowest BCUT2D eigenvalue weighted by Gasteiger charge is -2.12. The number of furan rings is 1. The molecule has 0 saturated carbocycles. The van der Waals surface area contributed by atoms with Crippen LogP contribution >= 0.6 is 0 Å². The summed E-state index contributed by atoms with van der Waals surface area (Å²) in [7, 11) is 0. The Morgan fingerprint density at radius 3 is 2.81 bits per heavy atom. The van der Waals surface area contributed by atoms with Gasteiger partial charge in [0.1, 0.15) is 11.6 Å². The highest BCUT2D eigenvalue weighted by Crippen LogP contribution is 2.19. The van der Waals surface area contributed by atoms with Crippen LogP contribution in [0.3, 0.4) is 0 Å². The first kappa shape index (κ1) is 18.0. The molecule has 0 atom stereocenters. The van der Waals surface area contributed by atoms with Gasteiger partial charge < -0.3 is 20.0 Å². The van der Waals surface area contributed by atoms with Crippen LogP contribution in [-0.4, -0.2) is 30.6 Å². The van der Waals surface area contributed by atoms with Crippen molar-refractivity contribution >= 4 is 16.9 Å². The van der Waals surface area contributed by atoms with Gasteiger partial charge in [-0.15, -0.1) is 0 Å². The predicted molar refractivity (Wildman–Crippen MR) is 103 cm³/mol. The lowest BCUT2D eigenvalue weighted by Crippen LogP contribution is -2.39. The van der Waals surface area contributed by atoms with Gasteiger partial charge in [-0.1, -0.05) is 6.92 Å². The van der Waals surface area contributed by atoms with E-state index in [2.05, 4.69) is 27.5 Å². The third kappa shape index (κ3) is 4.88. The van der Waals surface area contributed by atoms with Crippen molar-refractivity contribution in [3.63, 3.8) is 0 Å². The van der Waals surface area contributed by atoms with E-state index in [0.29, 0.717) is 0 Å². The van der Waals surface area contributed by atoms with E-state index in [9.17, 15) is 4.39 Å². The number of guanidine groups is 1. The van der Waals surface area contributed by atoms with Crippen molar-refractivity contribution in [3.8, 4) is 0 Å². The van der Waals surface area contributed by atoms with Gasteiger partial charge in [0.05, 0.1) is 6.26 Å². The Hall–Kier alpha value is -2.76. The van der Waals surface area contributed by atoms with Crippen molar-refractivity contribution in [1.82, 2.24) is 15.6 Å². The molecule has 0 bridgehead atoms. The number of fused-ring (bicyclic) bond motifs is 1. The lowest BCUT2D eigenvalue weighted by molar-refractivity contribution is 0.506. The van der Waals surface area contributed by atoms with Crippen LogP contribution < -0.4 is 10.6 Å². The molecule has 26 heavy (non-hydrogen) atoms. The first-order chi connectivity index (χ1) is 12.8. The molecule has 0 saturated heterocycles. The summed E-state index contributed by atoms with van der Waals surface area (Å²) in [5, 5.41) is 7.62. The average Bonchev–Trinajstić information content (AvgIpc) is 3.29. The fourth-order valence-corrected chi connectivity index (χ4v) is 2.83. The summed E-state index contributed by atoms with van der Waals surface area (Å²) in [5.41, 5.74) is 2.05. The molecule has 0 aliphatic heterocycles. The summed E-state index contributed by atoms with van der Waals surface area (Å²) in [6.45, 7) is 4.35. The molecule has 0 radical (unpaired) electrons. The van der Waals surface area contributed by atoms with E-state index in [1.165, 1.54) is 6.07 Å². The molecule has 2 aromatic heterocycles. The third-order valence-corrected chi connectivity index (χ3v) is 4.15. The maximum absolute atomic E-state index is 13.5. The zero-order chi connectivity index (χ0) is 18.2. The topological polar surface area (TPSA) is 65.3 Å².